The van der Waals surface area contributed by atoms with Crippen molar-refractivity contribution in [2.24, 2.45) is 0 Å². The van der Waals surface area contributed by atoms with Crippen LogP contribution in [0.3, 0.4) is 0 Å². The quantitative estimate of drug-likeness (QED) is 0.719. The van der Waals surface area contributed by atoms with Gasteiger partial charge in [-0.15, -0.1) is 11.3 Å². The van der Waals surface area contributed by atoms with Crippen LogP contribution in [0.1, 0.15) is 23.8 Å². The summed E-state index contributed by atoms with van der Waals surface area (Å²) in [6.45, 7) is 5.31. The van der Waals surface area contributed by atoms with Gasteiger partial charge in [0.1, 0.15) is 12.1 Å². The highest BCUT2D eigenvalue weighted by atomic mass is 32.1. The molecule has 1 unspecified atom stereocenters. The second-order valence-electron chi connectivity index (χ2n) is 7.68. The number of hydrogen-bond donors (Lipinski definition) is 1. The number of hydrogen-bond acceptors (Lipinski definition) is 5. The summed E-state index contributed by atoms with van der Waals surface area (Å²) >= 11 is 1.73. The van der Waals surface area contributed by atoms with E-state index in [1.807, 2.05) is 43.3 Å². The third-order valence-corrected chi connectivity index (χ3v) is 6.81. The largest absolute Gasteiger partial charge is 0.339 e. The van der Waals surface area contributed by atoms with E-state index in [4.69, 9.17) is 0 Å². The number of carbonyl (C=O) groups is 3. The van der Waals surface area contributed by atoms with E-state index in [9.17, 15) is 14.4 Å². The predicted octanol–water partition coefficient (Wildman–Crippen LogP) is 2.25. The molecule has 1 aromatic heterocycles. The summed E-state index contributed by atoms with van der Waals surface area (Å²) < 4.78 is 0. The van der Waals surface area contributed by atoms with Crippen molar-refractivity contribution < 1.29 is 14.4 Å². The van der Waals surface area contributed by atoms with Crippen molar-refractivity contribution in [3.63, 3.8) is 0 Å². The molecule has 4 amide bonds. The van der Waals surface area contributed by atoms with Crippen LogP contribution in [0.25, 0.3) is 0 Å². The number of thiophene rings is 1. The first-order valence-electron chi connectivity index (χ1n) is 10.3. The molecule has 2 aliphatic rings. The van der Waals surface area contributed by atoms with Gasteiger partial charge in [0.05, 0.1) is 0 Å². The van der Waals surface area contributed by atoms with Crippen LogP contribution in [0, 0.1) is 0 Å². The van der Waals surface area contributed by atoms with Gasteiger partial charge in [-0.25, -0.2) is 4.79 Å². The summed E-state index contributed by atoms with van der Waals surface area (Å²) in [4.78, 5) is 45.1. The molecular weight excluding hydrogens is 400 g/mol. The van der Waals surface area contributed by atoms with Gasteiger partial charge in [-0.2, -0.15) is 0 Å². The van der Waals surface area contributed by atoms with E-state index >= 15 is 0 Å². The number of nitrogens with zero attached hydrogens (tertiary/aromatic N) is 3. The smallest absolute Gasteiger partial charge is 0.325 e. The standard InChI is InChI=1S/C22H26N4O3S/c1-2-22(17-7-4-3-5-8-17)20(28)26(21(29)23-22)16-19(27)25-12-10-24(11-13-25)15-18-9-6-14-30-18/h3-9,14H,2,10-13,15-16H2,1H3,(H,23,29). The van der Waals surface area contributed by atoms with Gasteiger partial charge < -0.3 is 10.2 Å². The highest BCUT2D eigenvalue weighted by molar-refractivity contribution is 7.09. The molecule has 0 bridgehead atoms. The fourth-order valence-corrected chi connectivity index (χ4v) is 4.89. The number of benzene rings is 1. The van der Waals surface area contributed by atoms with Gasteiger partial charge in [-0.05, 0) is 23.4 Å². The average Bonchev–Trinajstić information content (AvgIpc) is 3.37. The van der Waals surface area contributed by atoms with Gasteiger partial charge in [-0.1, -0.05) is 43.3 Å². The van der Waals surface area contributed by atoms with Gasteiger partial charge in [0.25, 0.3) is 5.91 Å². The Bertz CT molecular complexity index is 910. The van der Waals surface area contributed by atoms with Crippen LogP contribution in [0.4, 0.5) is 4.79 Å². The molecule has 1 N–H and O–H groups in total. The zero-order valence-corrected chi connectivity index (χ0v) is 17.9. The van der Waals surface area contributed by atoms with E-state index in [-0.39, 0.29) is 18.4 Å². The zero-order valence-electron chi connectivity index (χ0n) is 17.0. The van der Waals surface area contributed by atoms with Crippen LogP contribution in [0.15, 0.2) is 47.8 Å². The van der Waals surface area contributed by atoms with Crippen LogP contribution < -0.4 is 5.32 Å². The molecule has 1 atom stereocenters. The molecule has 2 saturated heterocycles. The van der Waals surface area contributed by atoms with Gasteiger partial charge in [0, 0.05) is 37.6 Å². The van der Waals surface area contributed by atoms with Crippen molar-refractivity contribution in [2.45, 2.75) is 25.4 Å². The maximum atomic E-state index is 13.2. The molecule has 0 aliphatic carbocycles. The lowest BCUT2D eigenvalue weighted by Crippen LogP contribution is -2.51. The summed E-state index contributed by atoms with van der Waals surface area (Å²) in [5.74, 6) is -0.542. The minimum atomic E-state index is -1.10. The summed E-state index contributed by atoms with van der Waals surface area (Å²) in [6, 6.07) is 12.9. The average molecular weight is 427 g/mol. The van der Waals surface area contributed by atoms with Crippen LogP contribution >= 0.6 is 11.3 Å². The lowest BCUT2D eigenvalue weighted by Gasteiger charge is -2.35. The molecule has 0 spiro atoms. The molecule has 30 heavy (non-hydrogen) atoms. The van der Waals surface area contributed by atoms with Gasteiger partial charge in [-0.3, -0.25) is 19.4 Å². The minimum absolute atomic E-state index is 0.186. The van der Waals surface area contributed by atoms with Gasteiger partial charge >= 0.3 is 6.03 Å². The van der Waals surface area contributed by atoms with E-state index in [0.717, 1.165) is 30.1 Å². The highest BCUT2D eigenvalue weighted by Gasteiger charge is 2.51. The molecule has 3 heterocycles. The normalized spacial score (nSPS) is 22.4. The highest BCUT2D eigenvalue weighted by Crippen LogP contribution is 2.32. The van der Waals surface area contributed by atoms with E-state index in [0.29, 0.717) is 19.5 Å². The summed E-state index contributed by atoms with van der Waals surface area (Å²) in [7, 11) is 0. The Kier molecular flexibility index (Phi) is 5.87. The van der Waals surface area contributed by atoms with Crippen LogP contribution in [-0.4, -0.2) is 65.3 Å². The van der Waals surface area contributed by atoms with E-state index in [1.54, 1.807) is 16.2 Å². The van der Waals surface area contributed by atoms with Gasteiger partial charge in [0.15, 0.2) is 0 Å². The number of imide groups is 1. The molecule has 2 aromatic rings. The lowest BCUT2D eigenvalue weighted by molar-refractivity contribution is -0.140. The molecule has 1 aromatic carbocycles. The number of piperazine rings is 1. The topological polar surface area (TPSA) is 73.0 Å². The molecule has 0 radical (unpaired) electrons. The van der Waals surface area contributed by atoms with Crippen molar-refractivity contribution in [3.8, 4) is 0 Å². The molecule has 8 heteroatoms. The summed E-state index contributed by atoms with van der Waals surface area (Å²) in [5, 5.41) is 4.90. The Hall–Kier alpha value is -2.71. The third kappa shape index (κ3) is 3.85. The zero-order chi connectivity index (χ0) is 21.1. The fraction of sp³-hybridized carbons (Fsp3) is 0.409. The van der Waals surface area contributed by atoms with Crippen LogP contribution in [0.2, 0.25) is 0 Å². The van der Waals surface area contributed by atoms with Gasteiger partial charge in [0.2, 0.25) is 5.91 Å². The SMILES string of the molecule is CCC1(c2ccccc2)NC(=O)N(CC(=O)N2CCN(Cc3cccs3)CC2)C1=O. The number of carbonyl (C=O) groups excluding carboxylic acids is 3. The second-order valence-corrected chi connectivity index (χ2v) is 8.71. The van der Waals surface area contributed by atoms with Crippen molar-refractivity contribution in [1.82, 2.24) is 20.0 Å². The maximum Gasteiger partial charge on any atom is 0.325 e. The van der Waals surface area contributed by atoms with Crippen molar-refractivity contribution in [2.75, 3.05) is 32.7 Å². The maximum absolute atomic E-state index is 13.2. The predicted molar refractivity (Wildman–Crippen MR) is 115 cm³/mol. The lowest BCUT2D eigenvalue weighted by atomic mass is 9.87. The molecule has 2 aliphatic heterocycles. The Morgan fingerprint density at radius 1 is 1.07 bits per heavy atom. The van der Waals surface area contributed by atoms with E-state index in [1.165, 1.54) is 4.88 Å². The Labute approximate surface area is 180 Å². The molecule has 0 saturated carbocycles. The first kappa shape index (κ1) is 20.6. The van der Waals surface area contributed by atoms with Crippen LogP contribution in [0.5, 0.6) is 0 Å². The molecule has 2 fully saturated rings. The van der Waals surface area contributed by atoms with E-state index in [2.05, 4.69) is 21.7 Å². The van der Waals surface area contributed by atoms with Crippen molar-refractivity contribution >= 4 is 29.2 Å². The fourth-order valence-electron chi connectivity index (χ4n) is 4.15. The Morgan fingerprint density at radius 3 is 2.43 bits per heavy atom. The number of nitrogens with one attached hydrogen (secondary N) is 1. The Balaban J connectivity index is 1.38. The van der Waals surface area contributed by atoms with Crippen molar-refractivity contribution in [3.05, 3.63) is 58.3 Å². The molecular formula is C22H26N4O3S. The van der Waals surface area contributed by atoms with Crippen molar-refractivity contribution in [1.29, 1.82) is 0 Å². The first-order valence-corrected chi connectivity index (χ1v) is 11.1. The minimum Gasteiger partial charge on any atom is -0.339 e. The summed E-state index contributed by atoms with van der Waals surface area (Å²) in [5.41, 5.74) is -0.360. The monoisotopic (exact) mass is 426 g/mol. The van der Waals surface area contributed by atoms with Crippen LogP contribution in [-0.2, 0) is 21.7 Å². The Morgan fingerprint density at radius 2 is 1.80 bits per heavy atom. The first-order chi connectivity index (χ1) is 14.5. The number of amides is 4. The molecule has 7 nitrogen and oxygen atoms in total. The summed E-state index contributed by atoms with van der Waals surface area (Å²) in [6.07, 6.45) is 0.424. The number of urea groups is 1. The molecule has 4 rings (SSSR count). The van der Waals surface area contributed by atoms with E-state index < -0.39 is 11.6 Å². The third-order valence-electron chi connectivity index (χ3n) is 5.95. The second kappa shape index (κ2) is 8.57. The molecule has 158 valence electrons. The number of rotatable bonds is 6.